The van der Waals surface area contributed by atoms with E-state index in [2.05, 4.69) is 0 Å². The minimum Gasteiger partial charge on any atom is -0.497 e. The number of ether oxygens (including phenoxy) is 2. The van der Waals surface area contributed by atoms with E-state index >= 15 is 0 Å². The number of benzene rings is 1. The van der Waals surface area contributed by atoms with Crippen LogP contribution < -0.4 is 4.74 Å². The minimum atomic E-state index is -0.829. The zero-order valence-electron chi connectivity index (χ0n) is 8.53. The van der Waals surface area contributed by atoms with E-state index in [9.17, 15) is 5.11 Å². The Morgan fingerprint density at radius 1 is 1.43 bits per heavy atom. The largest absolute Gasteiger partial charge is 0.497 e. The lowest BCUT2D eigenvalue weighted by atomic mass is 10.1. The Morgan fingerprint density at radius 2 is 2.21 bits per heavy atom. The summed E-state index contributed by atoms with van der Waals surface area (Å²) in [6, 6.07) is 7.16. The molecule has 0 N–H and O–H groups in total. The first-order valence-electron chi connectivity index (χ1n) is 4.65. The van der Waals surface area contributed by atoms with Gasteiger partial charge in [-0.2, -0.15) is 0 Å². The van der Waals surface area contributed by atoms with E-state index in [1.54, 1.807) is 19.2 Å². The molecule has 3 heteroatoms. The summed E-state index contributed by atoms with van der Waals surface area (Å²) in [5, 5.41) is 11.6. The molecule has 0 aliphatic carbocycles. The van der Waals surface area contributed by atoms with Gasteiger partial charge in [-0.3, -0.25) is 0 Å². The third kappa shape index (κ3) is 3.01. The normalized spacial score (nSPS) is 12.5. The molecule has 1 radical (unpaired) electrons. The third-order valence-corrected chi connectivity index (χ3v) is 1.94. The Kier molecular flexibility index (Phi) is 4.43. The molecule has 0 fully saturated rings. The van der Waals surface area contributed by atoms with Crippen LogP contribution >= 0.6 is 0 Å². The van der Waals surface area contributed by atoms with Crippen molar-refractivity contribution < 1.29 is 14.6 Å². The van der Waals surface area contributed by atoms with Crippen molar-refractivity contribution in [2.75, 3.05) is 20.3 Å². The molecule has 1 unspecified atom stereocenters. The van der Waals surface area contributed by atoms with Crippen molar-refractivity contribution in [1.29, 1.82) is 0 Å². The van der Waals surface area contributed by atoms with Crippen LogP contribution in [0.25, 0.3) is 0 Å². The van der Waals surface area contributed by atoms with Gasteiger partial charge < -0.3 is 9.47 Å². The molecule has 0 aliphatic heterocycles. The highest BCUT2D eigenvalue weighted by atomic mass is 16.5. The van der Waals surface area contributed by atoms with Gasteiger partial charge in [-0.25, -0.2) is 5.11 Å². The quantitative estimate of drug-likeness (QED) is 0.722. The van der Waals surface area contributed by atoms with Gasteiger partial charge in [0, 0.05) is 6.61 Å². The Hall–Kier alpha value is -1.06. The predicted molar refractivity (Wildman–Crippen MR) is 52.9 cm³/mol. The zero-order chi connectivity index (χ0) is 10.4. The maximum atomic E-state index is 11.6. The van der Waals surface area contributed by atoms with Crippen LogP contribution in [-0.4, -0.2) is 20.3 Å². The van der Waals surface area contributed by atoms with Crippen molar-refractivity contribution in [3.05, 3.63) is 29.8 Å². The summed E-state index contributed by atoms with van der Waals surface area (Å²) in [6.07, 6.45) is -0.829. The highest BCUT2D eigenvalue weighted by Gasteiger charge is 2.09. The van der Waals surface area contributed by atoms with Crippen molar-refractivity contribution in [2.24, 2.45) is 0 Å². The summed E-state index contributed by atoms with van der Waals surface area (Å²) in [7, 11) is 1.58. The fraction of sp³-hybridized carbons (Fsp3) is 0.455. The van der Waals surface area contributed by atoms with E-state index < -0.39 is 6.10 Å². The van der Waals surface area contributed by atoms with Crippen LogP contribution in [0.15, 0.2) is 24.3 Å². The van der Waals surface area contributed by atoms with Gasteiger partial charge in [-0.15, -0.1) is 0 Å². The monoisotopic (exact) mass is 195 g/mol. The Balaban J connectivity index is 2.64. The van der Waals surface area contributed by atoms with Crippen LogP contribution in [-0.2, 0) is 9.84 Å². The number of rotatable bonds is 5. The lowest BCUT2D eigenvalue weighted by Crippen LogP contribution is -2.05. The van der Waals surface area contributed by atoms with Crippen LogP contribution in [0.1, 0.15) is 18.6 Å². The Morgan fingerprint density at radius 3 is 2.86 bits per heavy atom. The lowest BCUT2D eigenvalue weighted by Gasteiger charge is -2.09. The molecule has 77 valence electrons. The van der Waals surface area contributed by atoms with Crippen LogP contribution in [0, 0.1) is 0 Å². The molecule has 1 aromatic carbocycles. The van der Waals surface area contributed by atoms with E-state index in [4.69, 9.17) is 9.47 Å². The molecule has 0 heterocycles. The van der Waals surface area contributed by atoms with Crippen molar-refractivity contribution in [1.82, 2.24) is 0 Å². The summed E-state index contributed by atoms with van der Waals surface area (Å²) in [5.74, 6) is 0.708. The zero-order valence-corrected chi connectivity index (χ0v) is 8.53. The van der Waals surface area contributed by atoms with E-state index in [-0.39, 0.29) is 6.61 Å². The second-order valence-corrected chi connectivity index (χ2v) is 2.92. The smallest absolute Gasteiger partial charge is 0.141 e. The standard InChI is InChI=1S/C11H15O3/c1-3-14-8-11(12)9-5-4-6-10(7-9)13-2/h4-7,11H,3,8H2,1-2H3. The molecule has 0 aromatic heterocycles. The maximum Gasteiger partial charge on any atom is 0.141 e. The van der Waals surface area contributed by atoms with Crippen LogP contribution in [0.5, 0.6) is 5.75 Å². The second-order valence-electron chi connectivity index (χ2n) is 2.92. The molecule has 1 atom stereocenters. The van der Waals surface area contributed by atoms with Gasteiger partial charge in [0.1, 0.15) is 11.9 Å². The average Bonchev–Trinajstić information content (AvgIpc) is 2.26. The first-order chi connectivity index (χ1) is 6.77. The van der Waals surface area contributed by atoms with E-state index in [0.717, 1.165) is 0 Å². The Labute approximate surface area is 84.3 Å². The molecular weight excluding hydrogens is 180 g/mol. The molecular formula is C11H15O3. The molecule has 0 bridgehead atoms. The molecule has 3 nitrogen and oxygen atoms in total. The van der Waals surface area contributed by atoms with E-state index in [1.807, 2.05) is 19.1 Å². The fourth-order valence-electron chi connectivity index (χ4n) is 1.16. The molecule has 0 saturated carbocycles. The predicted octanol–water partition coefficient (Wildman–Crippen LogP) is 2.20. The first kappa shape index (κ1) is 11.0. The van der Waals surface area contributed by atoms with Gasteiger partial charge in [0.05, 0.1) is 13.7 Å². The topological polar surface area (TPSA) is 38.4 Å². The van der Waals surface area contributed by atoms with E-state index in [0.29, 0.717) is 17.9 Å². The van der Waals surface area contributed by atoms with Crippen molar-refractivity contribution in [3.8, 4) is 5.75 Å². The van der Waals surface area contributed by atoms with Crippen LogP contribution in [0.3, 0.4) is 0 Å². The summed E-state index contributed by atoms with van der Waals surface area (Å²) in [5.41, 5.74) is 0.706. The van der Waals surface area contributed by atoms with Crippen molar-refractivity contribution in [3.63, 3.8) is 0 Å². The lowest BCUT2D eigenvalue weighted by molar-refractivity contribution is -0.000705. The fourth-order valence-corrected chi connectivity index (χ4v) is 1.16. The van der Waals surface area contributed by atoms with Gasteiger partial charge >= 0.3 is 0 Å². The molecule has 0 saturated heterocycles. The number of hydrogen-bond acceptors (Lipinski definition) is 2. The number of hydrogen-bond donors (Lipinski definition) is 0. The summed E-state index contributed by atoms with van der Waals surface area (Å²) >= 11 is 0. The van der Waals surface area contributed by atoms with Gasteiger partial charge in [0.25, 0.3) is 0 Å². The van der Waals surface area contributed by atoms with Gasteiger partial charge in [-0.1, -0.05) is 12.1 Å². The van der Waals surface area contributed by atoms with Gasteiger partial charge in [-0.05, 0) is 24.6 Å². The third-order valence-electron chi connectivity index (χ3n) is 1.94. The molecule has 0 aliphatic rings. The summed E-state index contributed by atoms with van der Waals surface area (Å²) in [4.78, 5) is 0. The highest BCUT2D eigenvalue weighted by molar-refractivity contribution is 5.29. The molecule has 1 aromatic rings. The summed E-state index contributed by atoms with van der Waals surface area (Å²) < 4.78 is 10.1. The molecule has 1 rings (SSSR count). The summed E-state index contributed by atoms with van der Waals surface area (Å²) in [6.45, 7) is 2.66. The Bertz CT molecular complexity index is 273. The SMILES string of the molecule is CCOCC([O])c1cccc(OC)c1. The highest BCUT2D eigenvalue weighted by Crippen LogP contribution is 2.19. The minimum absolute atomic E-state index is 0.212. The molecule has 14 heavy (non-hydrogen) atoms. The van der Waals surface area contributed by atoms with Gasteiger partial charge in [0.2, 0.25) is 0 Å². The number of methoxy groups -OCH3 is 1. The molecule has 0 spiro atoms. The van der Waals surface area contributed by atoms with Crippen LogP contribution in [0.4, 0.5) is 0 Å². The first-order valence-corrected chi connectivity index (χ1v) is 4.65. The second kappa shape index (κ2) is 5.62. The van der Waals surface area contributed by atoms with Crippen LogP contribution in [0.2, 0.25) is 0 Å². The van der Waals surface area contributed by atoms with E-state index in [1.165, 1.54) is 0 Å². The maximum absolute atomic E-state index is 11.6. The van der Waals surface area contributed by atoms with Crippen molar-refractivity contribution >= 4 is 0 Å². The van der Waals surface area contributed by atoms with Crippen molar-refractivity contribution in [2.45, 2.75) is 13.0 Å². The average molecular weight is 195 g/mol. The molecule has 0 amide bonds. The van der Waals surface area contributed by atoms with Gasteiger partial charge in [0.15, 0.2) is 0 Å².